The summed E-state index contributed by atoms with van der Waals surface area (Å²) in [4.78, 5) is 40.2. The van der Waals surface area contributed by atoms with E-state index in [1.165, 1.54) is 12.8 Å². The smallest absolute Gasteiger partial charge is 0.251 e. The van der Waals surface area contributed by atoms with Crippen LogP contribution in [0.1, 0.15) is 28.8 Å². The molecule has 0 bridgehead atoms. The number of nitrogens with one attached hydrogen (secondary N) is 4. The van der Waals surface area contributed by atoms with E-state index in [2.05, 4.69) is 30.9 Å². The van der Waals surface area contributed by atoms with E-state index in [0.29, 0.717) is 17.6 Å². The number of anilines is 3. The second-order valence-corrected chi connectivity index (χ2v) is 6.29. The number of rotatable bonds is 5. The van der Waals surface area contributed by atoms with E-state index in [0.717, 1.165) is 28.1 Å². The maximum atomic E-state index is 11.8. The first-order valence-electron chi connectivity index (χ1n) is 8.93. The maximum Gasteiger partial charge on any atom is 0.251 e. The molecule has 3 aromatic rings. The van der Waals surface area contributed by atoms with Gasteiger partial charge in [-0.2, -0.15) is 4.98 Å². The highest BCUT2D eigenvalue weighted by molar-refractivity contribution is 5.96. The number of H-pyrrole nitrogens is 1. The predicted octanol–water partition coefficient (Wildman–Crippen LogP) is 2.57. The molecule has 152 valence electrons. The average molecular weight is 396 g/mol. The Morgan fingerprint density at radius 2 is 1.86 bits per heavy atom. The SMILES string of the molecule is C=O.C=O.CNC(=O)c1ccc(Nc2nc(NC3CC3)c3[nH]ccc3n2)cc1C. The lowest BCUT2D eigenvalue weighted by Crippen LogP contribution is -2.18. The van der Waals surface area contributed by atoms with Gasteiger partial charge in [0.1, 0.15) is 19.1 Å². The van der Waals surface area contributed by atoms with Crippen LogP contribution in [0.15, 0.2) is 30.5 Å². The largest absolute Gasteiger partial charge is 0.365 e. The van der Waals surface area contributed by atoms with Gasteiger partial charge in [-0.25, -0.2) is 4.98 Å². The highest BCUT2D eigenvalue weighted by Gasteiger charge is 2.23. The van der Waals surface area contributed by atoms with Gasteiger partial charge in [0.05, 0.1) is 5.52 Å². The van der Waals surface area contributed by atoms with Crippen LogP contribution in [0.5, 0.6) is 0 Å². The molecule has 4 N–H and O–H groups in total. The summed E-state index contributed by atoms with van der Waals surface area (Å²) in [6, 6.07) is 8.01. The Labute approximate surface area is 168 Å². The molecule has 29 heavy (non-hydrogen) atoms. The number of hydrogen-bond acceptors (Lipinski definition) is 7. The van der Waals surface area contributed by atoms with Gasteiger partial charge in [-0.15, -0.1) is 0 Å². The van der Waals surface area contributed by atoms with Gasteiger partial charge in [0.2, 0.25) is 5.95 Å². The molecule has 0 unspecified atom stereocenters. The molecule has 9 heteroatoms. The molecular weight excluding hydrogens is 372 g/mol. The van der Waals surface area contributed by atoms with Crippen molar-refractivity contribution in [3.05, 3.63) is 41.6 Å². The molecule has 0 radical (unpaired) electrons. The van der Waals surface area contributed by atoms with Crippen LogP contribution >= 0.6 is 0 Å². The molecule has 2 aromatic heterocycles. The molecule has 1 aliphatic carbocycles. The highest BCUT2D eigenvalue weighted by atomic mass is 16.1. The van der Waals surface area contributed by atoms with E-state index in [1.807, 2.05) is 44.9 Å². The van der Waals surface area contributed by atoms with Gasteiger partial charge < -0.3 is 30.5 Å². The van der Waals surface area contributed by atoms with Crippen LogP contribution in [-0.4, -0.2) is 47.5 Å². The fourth-order valence-corrected chi connectivity index (χ4v) is 2.79. The zero-order valence-electron chi connectivity index (χ0n) is 16.4. The number of hydrogen-bond donors (Lipinski definition) is 4. The van der Waals surface area contributed by atoms with Crippen molar-refractivity contribution in [3.63, 3.8) is 0 Å². The number of aryl methyl sites for hydroxylation is 1. The minimum atomic E-state index is -0.0926. The van der Waals surface area contributed by atoms with Gasteiger partial charge in [0.15, 0.2) is 5.82 Å². The first kappa shape index (κ1) is 21.5. The van der Waals surface area contributed by atoms with Crippen molar-refractivity contribution in [1.82, 2.24) is 20.3 Å². The summed E-state index contributed by atoms with van der Waals surface area (Å²) in [5.41, 5.74) is 4.18. The standard InChI is InChI=1S/C18H20N6O.2CH2O/c1-10-9-12(5-6-13(10)17(25)19-2)22-18-23-14-7-8-20-15(14)16(24-18)21-11-3-4-11;2*1-2/h5-9,11,20H,3-4H2,1-2H3,(H,19,25)(H2,21,22,23,24);2*1H2. The number of aromatic amines is 1. The molecule has 1 fully saturated rings. The Morgan fingerprint density at radius 3 is 2.48 bits per heavy atom. The first-order chi connectivity index (χ1) is 14.1. The van der Waals surface area contributed by atoms with Gasteiger partial charge in [0, 0.05) is 30.5 Å². The summed E-state index contributed by atoms with van der Waals surface area (Å²) >= 11 is 0. The Balaban J connectivity index is 0.000000707. The second kappa shape index (κ2) is 9.98. The molecule has 1 aromatic carbocycles. The lowest BCUT2D eigenvalue weighted by molar-refractivity contribution is -0.0987. The Morgan fingerprint density at radius 1 is 1.14 bits per heavy atom. The van der Waals surface area contributed by atoms with E-state index in [1.54, 1.807) is 13.1 Å². The van der Waals surface area contributed by atoms with E-state index in [-0.39, 0.29) is 5.91 Å². The molecule has 9 nitrogen and oxygen atoms in total. The second-order valence-electron chi connectivity index (χ2n) is 6.29. The number of carbonyl (C=O) groups excluding carboxylic acids is 3. The predicted molar refractivity (Wildman–Crippen MR) is 113 cm³/mol. The molecule has 1 aliphatic rings. The van der Waals surface area contributed by atoms with Crippen LogP contribution < -0.4 is 16.0 Å². The van der Waals surface area contributed by atoms with Crippen molar-refractivity contribution in [2.75, 3.05) is 17.7 Å². The van der Waals surface area contributed by atoms with E-state index >= 15 is 0 Å². The number of nitrogens with zero attached hydrogens (tertiary/aromatic N) is 2. The summed E-state index contributed by atoms with van der Waals surface area (Å²) in [5, 5.41) is 9.32. The van der Waals surface area contributed by atoms with Crippen molar-refractivity contribution in [2.45, 2.75) is 25.8 Å². The summed E-state index contributed by atoms with van der Waals surface area (Å²) in [6.07, 6.45) is 4.22. The molecule has 0 atom stereocenters. The monoisotopic (exact) mass is 396 g/mol. The summed E-state index contributed by atoms with van der Waals surface area (Å²) in [5.74, 6) is 1.26. The minimum absolute atomic E-state index is 0.0926. The molecule has 4 rings (SSSR count). The number of fused-ring (bicyclic) bond motifs is 1. The zero-order valence-corrected chi connectivity index (χ0v) is 16.4. The minimum Gasteiger partial charge on any atom is -0.365 e. The van der Waals surface area contributed by atoms with Crippen molar-refractivity contribution in [1.29, 1.82) is 0 Å². The zero-order chi connectivity index (χ0) is 21.4. The van der Waals surface area contributed by atoms with Crippen LogP contribution in [-0.2, 0) is 9.59 Å². The van der Waals surface area contributed by atoms with E-state index in [4.69, 9.17) is 9.59 Å². The number of aromatic nitrogens is 3. The average Bonchev–Trinajstić information content (AvgIpc) is 3.44. The number of benzene rings is 1. The topological polar surface area (TPSA) is 129 Å². The van der Waals surface area contributed by atoms with Crippen LogP contribution in [0.3, 0.4) is 0 Å². The van der Waals surface area contributed by atoms with Crippen LogP contribution in [0.4, 0.5) is 17.5 Å². The quantitative estimate of drug-likeness (QED) is 0.522. The first-order valence-corrected chi connectivity index (χ1v) is 8.93. The molecule has 0 spiro atoms. The molecule has 2 heterocycles. The Kier molecular flexibility index (Phi) is 7.41. The van der Waals surface area contributed by atoms with Crippen molar-refractivity contribution in [3.8, 4) is 0 Å². The van der Waals surface area contributed by atoms with Crippen LogP contribution in [0.2, 0.25) is 0 Å². The molecule has 0 aliphatic heterocycles. The third-order valence-corrected chi connectivity index (χ3v) is 4.28. The van der Waals surface area contributed by atoms with Crippen molar-refractivity contribution < 1.29 is 14.4 Å². The van der Waals surface area contributed by atoms with Gasteiger partial charge in [-0.05, 0) is 49.6 Å². The molecule has 0 saturated heterocycles. The molecule has 1 saturated carbocycles. The van der Waals surface area contributed by atoms with Gasteiger partial charge in [-0.3, -0.25) is 4.79 Å². The number of carbonyl (C=O) groups is 3. The third kappa shape index (κ3) is 5.16. The summed E-state index contributed by atoms with van der Waals surface area (Å²) in [7, 11) is 1.63. The molecular formula is C20H24N6O3. The molecule has 1 amide bonds. The fourth-order valence-electron chi connectivity index (χ4n) is 2.79. The van der Waals surface area contributed by atoms with E-state index < -0.39 is 0 Å². The summed E-state index contributed by atoms with van der Waals surface area (Å²) in [6.45, 7) is 5.91. The van der Waals surface area contributed by atoms with Gasteiger partial charge in [0.25, 0.3) is 5.91 Å². The van der Waals surface area contributed by atoms with Gasteiger partial charge >= 0.3 is 0 Å². The van der Waals surface area contributed by atoms with Crippen molar-refractivity contribution >= 4 is 48.0 Å². The normalized spacial score (nSPS) is 12.1. The van der Waals surface area contributed by atoms with Crippen LogP contribution in [0.25, 0.3) is 11.0 Å². The maximum absolute atomic E-state index is 11.8. The third-order valence-electron chi connectivity index (χ3n) is 4.28. The Hall–Kier alpha value is -3.75. The van der Waals surface area contributed by atoms with Crippen LogP contribution in [0, 0.1) is 6.92 Å². The fraction of sp³-hybridized carbons (Fsp3) is 0.250. The number of amides is 1. The van der Waals surface area contributed by atoms with Gasteiger partial charge in [-0.1, -0.05) is 0 Å². The summed E-state index contributed by atoms with van der Waals surface area (Å²) < 4.78 is 0. The lowest BCUT2D eigenvalue weighted by Gasteiger charge is -2.11. The Bertz CT molecular complexity index is 982. The highest BCUT2D eigenvalue weighted by Crippen LogP contribution is 2.29. The van der Waals surface area contributed by atoms with Crippen molar-refractivity contribution in [2.24, 2.45) is 0 Å². The van der Waals surface area contributed by atoms with E-state index in [9.17, 15) is 4.79 Å². The lowest BCUT2D eigenvalue weighted by atomic mass is 10.1.